The minimum absolute atomic E-state index is 0.134. The Balaban J connectivity index is 1.37. The number of amides is 1. The molecule has 4 rings (SSSR count). The fourth-order valence-electron chi connectivity index (χ4n) is 3.95. The summed E-state index contributed by atoms with van der Waals surface area (Å²) in [6, 6.07) is 17.9. The Morgan fingerprint density at radius 2 is 1.76 bits per heavy atom. The molecule has 2 aromatic carbocycles. The number of anilines is 1. The fraction of sp³-hybridized carbons (Fsp3) is 0.400. The Labute approximate surface area is 210 Å². The van der Waals surface area contributed by atoms with E-state index in [0.717, 1.165) is 55.7 Å². The van der Waals surface area contributed by atoms with E-state index in [2.05, 4.69) is 31.8 Å². The Morgan fingerprint density at radius 3 is 2.47 bits per heavy atom. The summed E-state index contributed by atoms with van der Waals surface area (Å²) >= 11 is 7.50. The second kappa shape index (κ2) is 12.2. The van der Waals surface area contributed by atoms with Crippen molar-refractivity contribution in [3.05, 3.63) is 59.6 Å². The first-order valence-corrected chi connectivity index (χ1v) is 13.0. The molecule has 2 heterocycles. The molecule has 0 radical (unpaired) electrons. The molecule has 1 aliphatic rings. The largest absolute Gasteiger partial charge is 0.382 e. The normalized spacial score (nSPS) is 13.9. The van der Waals surface area contributed by atoms with Crippen LogP contribution in [0.25, 0.3) is 11.4 Å². The number of hydrogen-bond donors (Lipinski definition) is 0. The van der Waals surface area contributed by atoms with E-state index in [-0.39, 0.29) is 5.91 Å². The third kappa shape index (κ3) is 6.31. The lowest BCUT2D eigenvalue weighted by Crippen LogP contribution is -2.49. The van der Waals surface area contributed by atoms with Gasteiger partial charge in [0, 0.05) is 62.2 Å². The van der Waals surface area contributed by atoms with Crippen molar-refractivity contribution in [3.8, 4) is 11.4 Å². The predicted octanol–water partition coefficient (Wildman–Crippen LogP) is 4.47. The van der Waals surface area contributed by atoms with Crippen LogP contribution in [0.4, 0.5) is 5.69 Å². The van der Waals surface area contributed by atoms with Crippen molar-refractivity contribution in [2.45, 2.75) is 25.0 Å². The average Bonchev–Trinajstić information content (AvgIpc) is 3.29. The van der Waals surface area contributed by atoms with Crippen LogP contribution < -0.4 is 4.90 Å². The topological polar surface area (TPSA) is 63.5 Å². The van der Waals surface area contributed by atoms with E-state index in [1.165, 1.54) is 17.4 Å². The Hall–Kier alpha value is -2.55. The number of ether oxygens (including phenoxy) is 1. The van der Waals surface area contributed by atoms with E-state index in [4.69, 9.17) is 16.3 Å². The van der Waals surface area contributed by atoms with Crippen molar-refractivity contribution in [3.63, 3.8) is 0 Å². The fourth-order valence-corrected chi connectivity index (χ4v) is 4.94. The van der Waals surface area contributed by atoms with Crippen LogP contribution in [0.15, 0.2) is 59.8 Å². The number of piperazine rings is 1. The molecular weight excluding hydrogens is 470 g/mol. The summed E-state index contributed by atoms with van der Waals surface area (Å²) in [5.74, 6) is 1.25. The van der Waals surface area contributed by atoms with Crippen LogP contribution in [-0.4, -0.2) is 70.7 Å². The van der Waals surface area contributed by atoms with Crippen LogP contribution >= 0.6 is 23.4 Å². The summed E-state index contributed by atoms with van der Waals surface area (Å²) in [6.45, 7) is 7.21. The minimum Gasteiger partial charge on any atom is -0.382 e. The molecule has 0 atom stereocenters. The van der Waals surface area contributed by atoms with Gasteiger partial charge in [-0.3, -0.25) is 4.79 Å². The number of hydrogen-bond acceptors (Lipinski definition) is 6. The highest BCUT2D eigenvalue weighted by molar-refractivity contribution is 7.99. The van der Waals surface area contributed by atoms with Gasteiger partial charge in [-0.1, -0.05) is 41.6 Å². The van der Waals surface area contributed by atoms with Gasteiger partial charge in [0.15, 0.2) is 11.0 Å². The zero-order valence-corrected chi connectivity index (χ0v) is 21.0. The quantitative estimate of drug-likeness (QED) is 0.303. The first kappa shape index (κ1) is 24.6. The van der Waals surface area contributed by atoms with E-state index in [1.54, 1.807) is 0 Å². The maximum absolute atomic E-state index is 12.9. The third-order valence-electron chi connectivity index (χ3n) is 5.77. The first-order valence-electron chi connectivity index (χ1n) is 11.6. The van der Waals surface area contributed by atoms with E-state index in [1.807, 2.05) is 54.3 Å². The standard InChI is InChI=1S/C25H30ClN5O2S/c1-2-33-18-6-13-31-24(20-9-11-21(26)12-10-20)27-28-25(31)34-19-23(32)30-16-14-29(15-17-30)22-7-4-3-5-8-22/h3-5,7-12H,2,6,13-19H2,1H3. The number of aromatic nitrogens is 3. The van der Waals surface area contributed by atoms with Gasteiger partial charge in [0.05, 0.1) is 5.75 Å². The van der Waals surface area contributed by atoms with Crippen LogP contribution in [0, 0.1) is 0 Å². The molecule has 1 aromatic heterocycles. The van der Waals surface area contributed by atoms with Crippen molar-refractivity contribution in [1.29, 1.82) is 0 Å². The van der Waals surface area contributed by atoms with Crippen LogP contribution in [0.5, 0.6) is 0 Å². The van der Waals surface area contributed by atoms with Gasteiger partial charge in [0.25, 0.3) is 0 Å². The molecule has 1 fully saturated rings. The number of para-hydroxylation sites is 1. The van der Waals surface area contributed by atoms with Gasteiger partial charge >= 0.3 is 0 Å². The summed E-state index contributed by atoms with van der Waals surface area (Å²) in [4.78, 5) is 17.2. The zero-order valence-electron chi connectivity index (χ0n) is 19.4. The van der Waals surface area contributed by atoms with Gasteiger partial charge in [0.2, 0.25) is 5.91 Å². The van der Waals surface area contributed by atoms with Crippen molar-refractivity contribution < 1.29 is 9.53 Å². The highest BCUT2D eigenvalue weighted by Gasteiger charge is 2.22. The number of halogens is 1. The maximum atomic E-state index is 12.9. The Bertz CT molecular complexity index is 1050. The van der Waals surface area contributed by atoms with Crippen LogP contribution in [0.3, 0.4) is 0 Å². The number of benzene rings is 2. The molecule has 0 spiro atoms. The number of thioether (sulfide) groups is 1. The number of nitrogens with zero attached hydrogens (tertiary/aromatic N) is 5. The zero-order chi connectivity index (χ0) is 23.8. The van der Waals surface area contributed by atoms with Gasteiger partial charge in [-0.15, -0.1) is 10.2 Å². The van der Waals surface area contributed by atoms with Crippen LogP contribution in [-0.2, 0) is 16.1 Å². The molecule has 34 heavy (non-hydrogen) atoms. The lowest BCUT2D eigenvalue weighted by Gasteiger charge is -2.36. The maximum Gasteiger partial charge on any atom is 0.233 e. The number of carbonyl (C=O) groups excluding carboxylic acids is 1. The molecule has 1 amide bonds. The third-order valence-corrected chi connectivity index (χ3v) is 6.98. The number of rotatable bonds is 10. The van der Waals surface area contributed by atoms with E-state index >= 15 is 0 Å². The highest BCUT2D eigenvalue weighted by Crippen LogP contribution is 2.26. The van der Waals surface area contributed by atoms with Crippen molar-refractivity contribution in [2.24, 2.45) is 0 Å². The van der Waals surface area contributed by atoms with E-state index in [0.29, 0.717) is 24.0 Å². The van der Waals surface area contributed by atoms with Gasteiger partial charge in [0.1, 0.15) is 0 Å². The van der Waals surface area contributed by atoms with Crippen LogP contribution in [0.1, 0.15) is 13.3 Å². The second-order valence-electron chi connectivity index (χ2n) is 8.01. The molecule has 3 aromatic rings. The second-order valence-corrected chi connectivity index (χ2v) is 9.39. The molecule has 0 bridgehead atoms. The SMILES string of the molecule is CCOCCCn1c(SCC(=O)N2CCN(c3ccccc3)CC2)nnc1-c1ccc(Cl)cc1. The van der Waals surface area contributed by atoms with Gasteiger partial charge < -0.3 is 19.1 Å². The lowest BCUT2D eigenvalue weighted by molar-refractivity contribution is -0.128. The van der Waals surface area contributed by atoms with Crippen molar-refractivity contribution in [2.75, 3.05) is 50.0 Å². The minimum atomic E-state index is 0.134. The molecule has 0 unspecified atom stereocenters. The van der Waals surface area contributed by atoms with Crippen molar-refractivity contribution >= 4 is 35.0 Å². The molecule has 180 valence electrons. The molecule has 1 aliphatic heterocycles. The summed E-state index contributed by atoms with van der Waals surface area (Å²) in [5.41, 5.74) is 2.15. The summed E-state index contributed by atoms with van der Waals surface area (Å²) in [7, 11) is 0. The van der Waals surface area contributed by atoms with Gasteiger partial charge in [-0.2, -0.15) is 0 Å². The van der Waals surface area contributed by atoms with E-state index < -0.39 is 0 Å². The van der Waals surface area contributed by atoms with E-state index in [9.17, 15) is 4.79 Å². The summed E-state index contributed by atoms with van der Waals surface area (Å²) in [6.07, 6.45) is 0.843. The molecule has 0 N–H and O–H groups in total. The molecular formula is C25H30ClN5O2S. The monoisotopic (exact) mass is 499 g/mol. The molecule has 0 saturated carbocycles. The first-order chi connectivity index (χ1) is 16.7. The highest BCUT2D eigenvalue weighted by atomic mass is 35.5. The smallest absolute Gasteiger partial charge is 0.233 e. The number of carbonyl (C=O) groups is 1. The molecule has 7 nitrogen and oxygen atoms in total. The predicted molar refractivity (Wildman–Crippen MR) is 138 cm³/mol. The average molecular weight is 500 g/mol. The van der Waals surface area contributed by atoms with Crippen LogP contribution in [0.2, 0.25) is 5.02 Å². The summed E-state index contributed by atoms with van der Waals surface area (Å²) < 4.78 is 7.58. The van der Waals surface area contributed by atoms with Gasteiger partial charge in [-0.25, -0.2) is 0 Å². The molecule has 1 saturated heterocycles. The Morgan fingerprint density at radius 1 is 1.03 bits per heavy atom. The Kier molecular flexibility index (Phi) is 8.85. The molecule has 9 heteroatoms. The summed E-state index contributed by atoms with van der Waals surface area (Å²) in [5, 5.41) is 10.3. The van der Waals surface area contributed by atoms with Gasteiger partial charge in [-0.05, 0) is 49.7 Å². The lowest BCUT2D eigenvalue weighted by atomic mass is 10.2. The van der Waals surface area contributed by atoms with Crippen molar-refractivity contribution in [1.82, 2.24) is 19.7 Å². The molecule has 0 aliphatic carbocycles.